The molecule has 0 saturated heterocycles. The molecular formula is C16H21N3S. The number of hydrogen-bond donors (Lipinski definition) is 1. The Hall–Kier alpha value is -1.39. The molecule has 2 aromatic rings. The van der Waals surface area contributed by atoms with Gasteiger partial charge in [0.05, 0.1) is 11.9 Å². The van der Waals surface area contributed by atoms with Crippen molar-refractivity contribution in [3.05, 3.63) is 46.4 Å². The molecule has 3 nitrogen and oxygen atoms in total. The average molecular weight is 287 g/mol. The first-order valence-corrected chi connectivity index (χ1v) is 8.10. The molecule has 0 radical (unpaired) electrons. The van der Waals surface area contributed by atoms with Crippen LogP contribution in [0.4, 0.5) is 5.69 Å². The van der Waals surface area contributed by atoms with Gasteiger partial charge in [-0.3, -0.25) is 4.98 Å². The number of hydrogen-bond acceptors (Lipinski definition) is 4. The van der Waals surface area contributed by atoms with Crippen LogP contribution in [0.15, 0.2) is 36.0 Å². The van der Waals surface area contributed by atoms with Crippen LogP contribution in [-0.4, -0.2) is 24.6 Å². The molecular weight excluding hydrogens is 266 g/mol. The van der Waals surface area contributed by atoms with E-state index in [0.29, 0.717) is 0 Å². The number of rotatable bonds is 7. The summed E-state index contributed by atoms with van der Waals surface area (Å²) in [5.74, 6) is 0. The minimum atomic E-state index is 0.743. The third kappa shape index (κ3) is 3.58. The standard InChI is InChI=1S/C16H21N3S/c1-19(9-7-15-3-2-10-20-15)16-12-17-8-6-13(16)11-18-14-4-5-14/h2-3,6,8,10,12,14,18H,4-5,7,9,11H2,1H3. The van der Waals surface area contributed by atoms with Gasteiger partial charge in [0.25, 0.3) is 0 Å². The second kappa shape index (κ2) is 6.37. The molecule has 106 valence electrons. The lowest BCUT2D eigenvalue weighted by Gasteiger charge is -2.22. The number of anilines is 1. The lowest BCUT2D eigenvalue weighted by molar-refractivity contribution is 0.684. The highest BCUT2D eigenvalue weighted by atomic mass is 32.1. The summed E-state index contributed by atoms with van der Waals surface area (Å²) < 4.78 is 0. The molecule has 0 bridgehead atoms. The molecule has 0 spiro atoms. The minimum Gasteiger partial charge on any atom is -0.373 e. The molecule has 0 aliphatic heterocycles. The van der Waals surface area contributed by atoms with E-state index in [1.165, 1.54) is 29.0 Å². The van der Waals surface area contributed by atoms with Crippen molar-refractivity contribution in [2.24, 2.45) is 0 Å². The molecule has 1 saturated carbocycles. The number of pyridine rings is 1. The molecule has 1 N–H and O–H groups in total. The van der Waals surface area contributed by atoms with Crippen molar-refractivity contribution in [3.8, 4) is 0 Å². The molecule has 2 aromatic heterocycles. The normalized spacial score (nSPS) is 14.4. The number of likely N-dealkylation sites (N-methyl/N-ethyl adjacent to an activating group) is 1. The van der Waals surface area contributed by atoms with Crippen LogP contribution in [0.2, 0.25) is 0 Å². The number of aromatic nitrogens is 1. The quantitative estimate of drug-likeness (QED) is 0.848. The van der Waals surface area contributed by atoms with Gasteiger partial charge in [0.2, 0.25) is 0 Å². The van der Waals surface area contributed by atoms with Gasteiger partial charge in [-0.1, -0.05) is 6.07 Å². The zero-order valence-corrected chi connectivity index (χ0v) is 12.7. The summed E-state index contributed by atoms with van der Waals surface area (Å²) in [4.78, 5) is 8.05. The maximum absolute atomic E-state index is 4.29. The van der Waals surface area contributed by atoms with Crippen LogP contribution >= 0.6 is 11.3 Å². The van der Waals surface area contributed by atoms with E-state index in [4.69, 9.17) is 0 Å². The molecule has 1 aliphatic rings. The van der Waals surface area contributed by atoms with Gasteiger partial charge in [0, 0.05) is 37.3 Å². The highest BCUT2D eigenvalue weighted by Gasteiger charge is 2.20. The van der Waals surface area contributed by atoms with Gasteiger partial charge in [0.15, 0.2) is 0 Å². The fourth-order valence-electron chi connectivity index (χ4n) is 2.30. The summed E-state index contributed by atoms with van der Waals surface area (Å²) in [6.07, 6.45) is 7.63. The van der Waals surface area contributed by atoms with E-state index >= 15 is 0 Å². The van der Waals surface area contributed by atoms with Crippen molar-refractivity contribution in [2.75, 3.05) is 18.5 Å². The van der Waals surface area contributed by atoms with E-state index in [1.807, 2.05) is 23.7 Å². The Bertz CT molecular complexity index is 534. The Morgan fingerprint density at radius 3 is 3.05 bits per heavy atom. The van der Waals surface area contributed by atoms with Crippen LogP contribution in [0, 0.1) is 0 Å². The molecule has 0 atom stereocenters. The Balaban J connectivity index is 1.61. The van der Waals surface area contributed by atoms with Crippen molar-refractivity contribution < 1.29 is 0 Å². The molecule has 20 heavy (non-hydrogen) atoms. The third-order valence-corrected chi connectivity index (χ3v) is 4.67. The fourth-order valence-corrected chi connectivity index (χ4v) is 3.00. The minimum absolute atomic E-state index is 0.743. The highest BCUT2D eigenvalue weighted by molar-refractivity contribution is 7.09. The van der Waals surface area contributed by atoms with Crippen molar-refractivity contribution in [1.29, 1.82) is 0 Å². The molecule has 0 amide bonds. The van der Waals surface area contributed by atoms with Gasteiger partial charge >= 0.3 is 0 Å². The Labute approximate surface area is 124 Å². The van der Waals surface area contributed by atoms with E-state index < -0.39 is 0 Å². The predicted octanol–water partition coefficient (Wildman–Crippen LogP) is 3.07. The number of thiophene rings is 1. The fraction of sp³-hybridized carbons (Fsp3) is 0.438. The topological polar surface area (TPSA) is 28.2 Å². The first-order valence-electron chi connectivity index (χ1n) is 7.23. The second-order valence-electron chi connectivity index (χ2n) is 5.41. The Morgan fingerprint density at radius 2 is 2.30 bits per heavy atom. The predicted molar refractivity (Wildman–Crippen MR) is 85.4 cm³/mol. The second-order valence-corrected chi connectivity index (χ2v) is 6.44. The molecule has 3 rings (SSSR count). The smallest absolute Gasteiger partial charge is 0.0595 e. The Morgan fingerprint density at radius 1 is 1.40 bits per heavy atom. The highest BCUT2D eigenvalue weighted by Crippen LogP contribution is 2.22. The number of nitrogens with one attached hydrogen (secondary N) is 1. The van der Waals surface area contributed by atoms with Gasteiger partial charge in [-0.2, -0.15) is 0 Å². The summed E-state index contributed by atoms with van der Waals surface area (Å²) in [5.41, 5.74) is 2.60. The summed E-state index contributed by atoms with van der Waals surface area (Å²) in [5, 5.41) is 5.73. The van der Waals surface area contributed by atoms with Gasteiger partial charge in [-0.15, -0.1) is 11.3 Å². The van der Waals surface area contributed by atoms with Crippen molar-refractivity contribution in [3.63, 3.8) is 0 Å². The third-order valence-electron chi connectivity index (χ3n) is 3.73. The first-order chi connectivity index (χ1) is 9.83. The molecule has 0 unspecified atom stereocenters. The van der Waals surface area contributed by atoms with Crippen LogP contribution in [0.5, 0.6) is 0 Å². The van der Waals surface area contributed by atoms with E-state index in [0.717, 1.165) is 25.6 Å². The van der Waals surface area contributed by atoms with Crippen LogP contribution in [0.1, 0.15) is 23.3 Å². The molecule has 2 heterocycles. The molecule has 1 fully saturated rings. The lowest BCUT2D eigenvalue weighted by atomic mass is 10.2. The van der Waals surface area contributed by atoms with Crippen LogP contribution in [0.25, 0.3) is 0 Å². The van der Waals surface area contributed by atoms with Crippen LogP contribution in [-0.2, 0) is 13.0 Å². The van der Waals surface area contributed by atoms with E-state index in [1.54, 1.807) is 0 Å². The van der Waals surface area contributed by atoms with E-state index in [-0.39, 0.29) is 0 Å². The molecule has 4 heteroatoms. The van der Waals surface area contributed by atoms with E-state index in [2.05, 4.69) is 45.8 Å². The van der Waals surface area contributed by atoms with Crippen molar-refractivity contribution in [1.82, 2.24) is 10.3 Å². The van der Waals surface area contributed by atoms with Crippen LogP contribution in [0.3, 0.4) is 0 Å². The first kappa shape index (κ1) is 13.6. The van der Waals surface area contributed by atoms with Crippen molar-refractivity contribution in [2.45, 2.75) is 31.8 Å². The zero-order valence-electron chi connectivity index (χ0n) is 11.9. The van der Waals surface area contributed by atoms with Gasteiger partial charge in [-0.05, 0) is 42.3 Å². The monoisotopic (exact) mass is 287 g/mol. The number of nitrogens with zero attached hydrogens (tertiary/aromatic N) is 2. The summed E-state index contributed by atoms with van der Waals surface area (Å²) in [7, 11) is 2.16. The largest absolute Gasteiger partial charge is 0.373 e. The SMILES string of the molecule is CN(CCc1cccs1)c1cnccc1CNC1CC1. The Kier molecular flexibility index (Phi) is 4.33. The van der Waals surface area contributed by atoms with Gasteiger partial charge < -0.3 is 10.2 Å². The van der Waals surface area contributed by atoms with Gasteiger partial charge in [0.1, 0.15) is 0 Å². The van der Waals surface area contributed by atoms with E-state index in [9.17, 15) is 0 Å². The lowest BCUT2D eigenvalue weighted by Crippen LogP contribution is -2.24. The average Bonchev–Trinajstić information content (AvgIpc) is 3.17. The molecule has 1 aliphatic carbocycles. The summed E-state index contributed by atoms with van der Waals surface area (Å²) in [6.45, 7) is 1.98. The zero-order chi connectivity index (χ0) is 13.8. The molecule has 0 aromatic carbocycles. The van der Waals surface area contributed by atoms with Gasteiger partial charge in [-0.25, -0.2) is 0 Å². The van der Waals surface area contributed by atoms with Crippen molar-refractivity contribution >= 4 is 17.0 Å². The van der Waals surface area contributed by atoms with Crippen LogP contribution < -0.4 is 10.2 Å². The summed E-state index contributed by atoms with van der Waals surface area (Å²) >= 11 is 1.83. The summed E-state index contributed by atoms with van der Waals surface area (Å²) in [6, 6.07) is 7.20. The maximum Gasteiger partial charge on any atom is 0.0595 e. The maximum atomic E-state index is 4.29.